The van der Waals surface area contributed by atoms with Crippen LogP contribution >= 0.6 is 0 Å². The first-order valence-corrected chi connectivity index (χ1v) is 8.24. The molecule has 3 heteroatoms. The largest absolute Gasteiger partial charge is 0.497 e. The molecule has 1 aromatic carbocycles. The number of nitrogens with one attached hydrogen (secondary N) is 1. The van der Waals surface area contributed by atoms with E-state index in [2.05, 4.69) is 31.3 Å². The summed E-state index contributed by atoms with van der Waals surface area (Å²) in [6, 6.07) is 6.07. The van der Waals surface area contributed by atoms with Gasteiger partial charge in [0.25, 0.3) is 0 Å². The lowest BCUT2D eigenvalue weighted by molar-refractivity contribution is -0.119. The van der Waals surface area contributed by atoms with Gasteiger partial charge in [0.1, 0.15) is 5.75 Å². The van der Waals surface area contributed by atoms with Gasteiger partial charge in [-0.2, -0.15) is 0 Å². The van der Waals surface area contributed by atoms with Crippen LogP contribution in [0.1, 0.15) is 57.1 Å². The van der Waals surface area contributed by atoms with Gasteiger partial charge in [-0.3, -0.25) is 4.79 Å². The van der Waals surface area contributed by atoms with Gasteiger partial charge in [-0.05, 0) is 50.5 Å². The van der Waals surface area contributed by atoms with Gasteiger partial charge in [0.2, 0.25) is 0 Å². The molecule has 1 aliphatic carbocycles. The first-order valence-electron chi connectivity index (χ1n) is 8.24. The topological polar surface area (TPSA) is 38.3 Å². The maximum absolute atomic E-state index is 12.6. The number of fused-ring (bicyclic) bond motifs is 1. The van der Waals surface area contributed by atoms with Crippen LogP contribution in [0.2, 0.25) is 0 Å². The summed E-state index contributed by atoms with van der Waals surface area (Å²) < 4.78 is 5.33. The van der Waals surface area contributed by atoms with Crippen molar-refractivity contribution in [1.29, 1.82) is 0 Å². The Balaban J connectivity index is 1.90. The second-order valence-electron chi connectivity index (χ2n) is 6.96. The van der Waals surface area contributed by atoms with Crippen molar-refractivity contribution in [3.05, 3.63) is 35.4 Å². The minimum Gasteiger partial charge on any atom is -0.497 e. The van der Waals surface area contributed by atoms with Crippen LogP contribution in [0.4, 0.5) is 0 Å². The predicted octanol–water partition coefficient (Wildman–Crippen LogP) is 4.02. The highest BCUT2D eigenvalue weighted by Crippen LogP contribution is 2.39. The number of rotatable bonds is 3. The van der Waals surface area contributed by atoms with Gasteiger partial charge in [-0.1, -0.05) is 19.3 Å². The first kappa shape index (κ1) is 15.1. The number of hydrogen-bond acceptors (Lipinski definition) is 3. The lowest BCUT2D eigenvalue weighted by Gasteiger charge is -2.21. The zero-order valence-corrected chi connectivity index (χ0v) is 13.7. The Bertz CT molecular complexity index is 610. The Morgan fingerprint density at radius 2 is 2.00 bits per heavy atom. The second-order valence-corrected chi connectivity index (χ2v) is 6.96. The molecule has 0 atom stereocenters. The lowest BCUT2D eigenvalue weighted by atomic mass is 9.86. The van der Waals surface area contributed by atoms with Gasteiger partial charge in [0, 0.05) is 23.3 Å². The van der Waals surface area contributed by atoms with E-state index in [1.807, 2.05) is 12.1 Å². The number of carbonyl (C=O) groups is 1. The van der Waals surface area contributed by atoms with E-state index in [1.54, 1.807) is 7.11 Å². The van der Waals surface area contributed by atoms with Crippen LogP contribution in [0.15, 0.2) is 24.3 Å². The summed E-state index contributed by atoms with van der Waals surface area (Å²) in [7, 11) is 1.68. The van der Waals surface area contributed by atoms with E-state index in [-0.39, 0.29) is 17.2 Å². The maximum Gasteiger partial charge on any atom is 0.160 e. The van der Waals surface area contributed by atoms with Gasteiger partial charge in [0.15, 0.2) is 5.78 Å². The molecule has 0 aromatic heterocycles. The third-order valence-corrected chi connectivity index (χ3v) is 4.93. The van der Waals surface area contributed by atoms with Crippen molar-refractivity contribution in [1.82, 2.24) is 5.32 Å². The van der Waals surface area contributed by atoms with Gasteiger partial charge in [-0.15, -0.1) is 0 Å². The fraction of sp³-hybridized carbons (Fsp3) is 0.526. The van der Waals surface area contributed by atoms with E-state index in [0.717, 1.165) is 29.9 Å². The Morgan fingerprint density at radius 1 is 1.27 bits per heavy atom. The molecular weight excluding hydrogens is 274 g/mol. The van der Waals surface area contributed by atoms with Crippen molar-refractivity contribution in [3.63, 3.8) is 0 Å². The van der Waals surface area contributed by atoms with Gasteiger partial charge >= 0.3 is 0 Å². The summed E-state index contributed by atoms with van der Waals surface area (Å²) >= 11 is 0. The van der Waals surface area contributed by atoms with Crippen molar-refractivity contribution in [2.45, 2.75) is 51.5 Å². The molecule has 1 N–H and O–H groups in total. The van der Waals surface area contributed by atoms with Crippen LogP contribution in [0.25, 0.3) is 5.70 Å². The molecule has 118 valence electrons. The summed E-state index contributed by atoms with van der Waals surface area (Å²) in [5.74, 6) is 1.35. The van der Waals surface area contributed by atoms with Gasteiger partial charge in [-0.25, -0.2) is 0 Å². The van der Waals surface area contributed by atoms with E-state index >= 15 is 0 Å². The molecule has 0 amide bonds. The summed E-state index contributed by atoms with van der Waals surface area (Å²) in [6.07, 6.45) is 7.56. The number of allylic oxidation sites excluding steroid dienone is 1. The van der Waals surface area contributed by atoms with E-state index < -0.39 is 0 Å². The molecule has 2 aliphatic rings. The van der Waals surface area contributed by atoms with Crippen LogP contribution in [0.3, 0.4) is 0 Å². The Kier molecular flexibility index (Phi) is 3.98. The third kappa shape index (κ3) is 2.77. The smallest absolute Gasteiger partial charge is 0.160 e. The van der Waals surface area contributed by atoms with Gasteiger partial charge in [0.05, 0.1) is 12.6 Å². The van der Waals surface area contributed by atoms with Crippen molar-refractivity contribution in [3.8, 4) is 5.75 Å². The quantitative estimate of drug-likeness (QED) is 0.857. The average molecular weight is 299 g/mol. The summed E-state index contributed by atoms with van der Waals surface area (Å²) in [6.45, 7) is 4.27. The zero-order chi connectivity index (χ0) is 15.7. The highest BCUT2D eigenvalue weighted by molar-refractivity contribution is 5.99. The number of benzene rings is 1. The molecule has 22 heavy (non-hydrogen) atoms. The minimum atomic E-state index is -0.178. The van der Waals surface area contributed by atoms with Crippen molar-refractivity contribution < 1.29 is 9.53 Å². The molecule has 3 rings (SSSR count). The Labute approximate surface area is 132 Å². The number of carbonyl (C=O) groups excluding carboxylic acids is 1. The number of methoxy groups -OCH3 is 1. The monoisotopic (exact) mass is 299 g/mol. The van der Waals surface area contributed by atoms with E-state index in [1.165, 1.54) is 24.8 Å². The van der Waals surface area contributed by atoms with Crippen LogP contribution in [-0.4, -0.2) is 12.9 Å². The molecule has 1 aliphatic heterocycles. The second kappa shape index (κ2) is 5.79. The highest BCUT2D eigenvalue weighted by atomic mass is 16.5. The normalized spacial score (nSPS) is 22.2. The fourth-order valence-corrected chi connectivity index (χ4v) is 3.63. The van der Waals surface area contributed by atoms with Crippen LogP contribution in [-0.2, 0) is 10.3 Å². The first-order chi connectivity index (χ1) is 10.5. The molecule has 0 saturated heterocycles. The third-order valence-electron chi connectivity index (χ3n) is 4.93. The molecule has 1 heterocycles. The van der Waals surface area contributed by atoms with Gasteiger partial charge < -0.3 is 10.1 Å². The Hall–Kier alpha value is -1.77. The molecule has 0 radical (unpaired) electrons. The van der Waals surface area contributed by atoms with E-state index in [4.69, 9.17) is 4.74 Å². The summed E-state index contributed by atoms with van der Waals surface area (Å²) in [5.41, 5.74) is 3.09. The molecule has 0 unspecified atom stereocenters. The van der Waals surface area contributed by atoms with Crippen LogP contribution < -0.4 is 10.1 Å². The van der Waals surface area contributed by atoms with Crippen LogP contribution in [0.5, 0.6) is 5.75 Å². The van der Waals surface area contributed by atoms with Crippen LogP contribution in [0, 0.1) is 5.92 Å². The van der Waals surface area contributed by atoms with E-state index in [9.17, 15) is 4.79 Å². The SMILES string of the molecule is COc1ccc2c(c1)C(C)(C)N/C2=C\C(=O)C1CCCCC1. The molecule has 0 bridgehead atoms. The molecule has 1 aromatic rings. The minimum absolute atomic E-state index is 0.178. The molecule has 0 spiro atoms. The molecule has 1 fully saturated rings. The van der Waals surface area contributed by atoms with Crippen molar-refractivity contribution >= 4 is 11.5 Å². The molecule has 3 nitrogen and oxygen atoms in total. The number of ether oxygens (including phenoxy) is 1. The standard InChI is InChI=1S/C19H25NO2/c1-19(2)16-11-14(22-3)9-10-15(16)17(20-19)12-18(21)13-7-5-4-6-8-13/h9-13,20H,4-8H2,1-3H3/b17-12-. The van der Waals surface area contributed by atoms with Crippen molar-refractivity contribution in [2.75, 3.05) is 7.11 Å². The van der Waals surface area contributed by atoms with Crippen molar-refractivity contribution in [2.24, 2.45) is 5.92 Å². The number of hydrogen-bond donors (Lipinski definition) is 1. The lowest BCUT2D eigenvalue weighted by Crippen LogP contribution is -2.29. The summed E-state index contributed by atoms with van der Waals surface area (Å²) in [5, 5.41) is 3.50. The predicted molar refractivity (Wildman–Crippen MR) is 88.7 cm³/mol. The number of ketones is 1. The van der Waals surface area contributed by atoms with E-state index in [0.29, 0.717) is 0 Å². The fourth-order valence-electron chi connectivity index (χ4n) is 3.63. The highest BCUT2D eigenvalue weighted by Gasteiger charge is 2.33. The maximum atomic E-state index is 12.6. The Morgan fingerprint density at radius 3 is 2.68 bits per heavy atom. The zero-order valence-electron chi connectivity index (χ0n) is 13.7. The molecular formula is C19H25NO2. The average Bonchev–Trinajstić information content (AvgIpc) is 2.78. The summed E-state index contributed by atoms with van der Waals surface area (Å²) in [4.78, 5) is 12.6. The molecule has 1 saturated carbocycles.